The van der Waals surface area contributed by atoms with Crippen molar-refractivity contribution in [3.05, 3.63) is 50.0 Å². The minimum atomic E-state index is -0.310. The van der Waals surface area contributed by atoms with E-state index in [9.17, 15) is 9.90 Å². The van der Waals surface area contributed by atoms with Crippen LogP contribution in [0.25, 0.3) is 0 Å². The number of aromatic hydroxyl groups is 1. The molecule has 4 nitrogen and oxygen atoms in total. The largest absolute Gasteiger partial charge is 0.507 e. The predicted molar refractivity (Wildman–Crippen MR) is 92.1 cm³/mol. The first-order valence-electron chi connectivity index (χ1n) is 5.71. The van der Waals surface area contributed by atoms with Gasteiger partial charge >= 0.3 is 0 Å². The highest BCUT2D eigenvalue weighted by molar-refractivity contribution is 14.1. The summed E-state index contributed by atoms with van der Waals surface area (Å²) in [6.07, 6.45) is 0. The highest BCUT2D eigenvalue weighted by Gasteiger charge is 2.19. The number of hydrogen-bond donors (Lipinski definition) is 2. The van der Waals surface area contributed by atoms with Gasteiger partial charge in [-0.05, 0) is 59.0 Å². The van der Waals surface area contributed by atoms with E-state index in [4.69, 9.17) is 5.73 Å². The molecule has 6 heteroatoms. The summed E-state index contributed by atoms with van der Waals surface area (Å²) < 4.78 is 1.72. The lowest BCUT2D eigenvalue weighted by Gasteiger charge is -2.20. The standard InChI is InChI=1S/C14H12BrIN2O2/c1-18(12-4-2-8(15)6-11(12)17)14(20)10-7-9(16)3-5-13(10)19/h2-7,19H,17H2,1H3. The molecular formula is C14H12BrIN2O2. The van der Waals surface area contributed by atoms with Crippen molar-refractivity contribution in [1.82, 2.24) is 0 Å². The van der Waals surface area contributed by atoms with Crippen LogP contribution < -0.4 is 10.6 Å². The zero-order chi connectivity index (χ0) is 14.9. The quantitative estimate of drug-likeness (QED) is 0.547. The maximum Gasteiger partial charge on any atom is 0.261 e. The number of benzene rings is 2. The van der Waals surface area contributed by atoms with Gasteiger partial charge in [-0.3, -0.25) is 4.79 Å². The van der Waals surface area contributed by atoms with Gasteiger partial charge in [-0.2, -0.15) is 0 Å². The molecule has 104 valence electrons. The molecule has 0 aliphatic heterocycles. The molecule has 0 bridgehead atoms. The Morgan fingerprint density at radius 2 is 2.00 bits per heavy atom. The van der Waals surface area contributed by atoms with E-state index in [1.54, 1.807) is 31.3 Å². The number of carbonyl (C=O) groups is 1. The van der Waals surface area contributed by atoms with Crippen molar-refractivity contribution in [3.63, 3.8) is 0 Å². The average Bonchev–Trinajstić information content (AvgIpc) is 2.40. The number of hydrogen-bond acceptors (Lipinski definition) is 3. The third kappa shape index (κ3) is 3.06. The Kier molecular flexibility index (Phi) is 4.54. The van der Waals surface area contributed by atoms with E-state index < -0.39 is 0 Å². The highest BCUT2D eigenvalue weighted by Crippen LogP contribution is 2.29. The Bertz CT molecular complexity index is 676. The molecule has 2 aromatic carbocycles. The molecule has 0 aliphatic carbocycles. The summed E-state index contributed by atoms with van der Waals surface area (Å²) in [5.41, 5.74) is 7.25. The Balaban J connectivity index is 2.40. The molecule has 20 heavy (non-hydrogen) atoms. The molecule has 2 rings (SSSR count). The first kappa shape index (κ1) is 15.1. The number of anilines is 2. The SMILES string of the molecule is CN(C(=O)c1cc(I)ccc1O)c1ccc(Br)cc1N. The molecule has 0 aromatic heterocycles. The number of rotatable bonds is 2. The molecule has 0 aliphatic rings. The second-order valence-corrected chi connectivity index (χ2v) is 6.39. The lowest BCUT2D eigenvalue weighted by Crippen LogP contribution is -2.27. The van der Waals surface area contributed by atoms with Crippen LogP contribution in [0.5, 0.6) is 5.75 Å². The van der Waals surface area contributed by atoms with Crippen LogP contribution in [0.15, 0.2) is 40.9 Å². The van der Waals surface area contributed by atoms with E-state index in [-0.39, 0.29) is 17.2 Å². The summed E-state index contributed by atoms with van der Waals surface area (Å²) in [5.74, 6) is -0.354. The second kappa shape index (κ2) is 6.01. The van der Waals surface area contributed by atoms with Crippen LogP contribution in [-0.2, 0) is 0 Å². The number of halogens is 2. The summed E-state index contributed by atoms with van der Waals surface area (Å²) in [6, 6.07) is 10.2. The molecule has 3 N–H and O–H groups in total. The first-order valence-corrected chi connectivity index (χ1v) is 7.59. The Morgan fingerprint density at radius 1 is 1.30 bits per heavy atom. The molecule has 0 unspecified atom stereocenters. The number of amides is 1. The van der Waals surface area contributed by atoms with Crippen molar-refractivity contribution in [2.24, 2.45) is 0 Å². The van der Waals surface area contributed by atoms with Gasteiger partial charge in [-0.25, -0.2) is 0 Å². The fourth-order valence-electron chi connectivity index (χ4n) is 1.80. The zero-order valence-electron chi connectivity index (χ0n) is 10.6. The van der Waals surface area contributed by atoms with Crippen LogP contribution in [-0.4, -0.2) is 18.1 Å². The van der Waals surface area contributed by atoms with Crippen molar-refractivity contribution < 1.29 is 9.90 Å². The van der Waals surface area contributed by atoms with Gasteiger partial charge in [0.15, 0.2) is 0 Å². The van der Waals surface area contributed by atoms with E-state index in [1.165, 1.54) is 11.0 Å². The van der Waals surface area contributed by atoms with E-state index in [0.717, 1.165) is 8.04 Å². The number of phenols is 1. The summed E-state index contributed by atoms with van der Waals surface area (Å²) >= 11 is 5.42. The Morgan fingerprint density at radius 3 is 2.65 bits per heavy atom. The normalized spacial score (nSPS) is 10.3. The number of nitrogens with zero attached hydrogens (tertiary/aromatic N) is 1. The van der Waals surface area contributed by atoms with E-state index in [1.807, 2.05) is 6.07 Å². The van der Waals surface area contributed by atoms with Crippen molar-refractivity contribution >= 4 is 55.8 Å². The van der Waals surface area contributed by atoms with Gasteiger partial charge in [0.2, 0.25) is 0 Å². The molecule has 0 atom stereocenters. The van der Waals surface area contributed by atoms with Crippen LogP contribution in [0.2, 0.25) is 0 Å². The van der Waals surface area contributed by atoms with Gasteiger partial charge in [-0.1, -0.05) is 15.9 Å². The molecule has 1 amide bonds. The molecule has 0 saturated carbocycles. The second-order valence-electron chi connectivity index (χ2n) is 4.23. The van der Waals surface area contributed by atoms with Gasteiger partial charge in [0.05, 0.1) is 16.9 Å². The van der Waals surface area contributed by atoms with Gasteiger partial charge in [0, 0.05) is 15.1 Å². The Labute approximate surface area is 138 Å². The summed E-state index contributed by atoms with van der Waals surface area (Å²) in [7, 11) is 1.63. The van der Waals surface area contributed by atoms with Crippen molar-refractivity contribution in [2.45, 2.75) is 0 Å². The lowest BCUT2D eigenvalue weighted by molar-refractivity contribution is 0.0990. The first-order chi connectivity index (χ1) is 9.40. The molecule has 0 heterocycles. The summed E-state index contributed by atoms with van der Waals surface area (Å²) in [4.78, 5) is 13.9. The topological polar surface area (TPSA) is 66.6 Å². The fourth-order valence-corrected chi connectivity index (χ4v) is 2.67. The minimum absolute atomic E-state index is 0.0436. The summed E-state index contributed by atoms with van der Waals surface area (Å²) in [5, 5.41) is 9.83. The van der Waals surface area contributed by atoms with Gasteiger partial charge in [0.1, 0.15) is 5.75 Å². The van der Waals surface area contributed by atoms with Gasteiger partial charge in [-0.15, -0.1) is 0 Å². The summed E-state index contributed by atoms with van der Waals surface area (Å²) in [6.45, 7) is 0. The Hall–Kier alpha value is -1.28. The highest BCUT2D eigenvalue weighted by atomic mass is 127. The maximum absolute atomic E-state index is 12.5. The molecule has 0 saturated heterocycles. The number of carbonyl (C=O) groups excluding carboxylic acids is 1. The van der Waals surface area contributed by atoms with Gasteiger partial charge in [0.25, 0.3) is 5.91 Å². The van der Waals surface area contributed by atoms with Crippen LogP contribution in [0.1, 0.15) is 10.4 Å². The molecule has 0 fully saturated rings. The van der Waals surface area contributed by atoms with Crippen molar-refractivity contribution in [3.8, 4) is 5.75 Å². The minimum Gasteiger partial charge on any atom is -0.507 e. The molecule has 2 aromatic rings. The van der Waals surface area contributed by atoms with Crippen LogP contribution in [0.4, 0.5) is 11.4 Å². The van der Waals surface area contributed by atoms with Crippen LogP contribution in [0.3, 0.4) is 0 Å². The smallest absolute Gasteiger partial charge is 0.261 e. The van der Waals surface area contributed by atoms with Gasteiger partial charge < -0.3 is 15.7 Å². The number of phenolic OH excluding ortho intramolecular Hbond substituents is 1. The molecule has 0 spiro atoms. The van der Waals surface area contributed by atoms with Crippen LogP contribution >= 0.6 is 38.5 Å². The maximum atomic E-state index is 12.5. The predicted octanol–water partition coefficient (Wildman–Crippen LogP) is 3.62. The number of nitrogen functional groups attached to an aromatic ring is 1. The van der Waals surface area contributed by atoms with Crippen molar-refractivity contribution in [1.29, 1.82) is 0 Å². The zero-order valence-corrected chi connectivity index (χ0v) is 14.3. The van der Waals surface area contributed by atoms with E-state index in [2.05, 4.69) is 38.5 Å². The van der Waals surface area contributed by atoms with Crippen molar-refractivity contribution in [2.75, 3.05) is 17.7 Å². The van der Waals surface area contributed by atoms with Crippen LogP contribution in [0, 0.1) is 3.57 Å². The number of nitrogens with two attached hydrogens (primary N) is 1. The van der Waals surface area contributed by atoms with E-state index in [0.29, 0.717) is 11.4 Å². The third-order valence-electron chi connectivity index (χ3n) is 2.84. The van der Waals surface area contributed by atoms with E-state index >= 15 is 0 Å². The molecular weight excluding hydrogens is 435 g/mol. The molecule has 0 radical (unpaired) electrons. The monoisotopic (exact) mass is 446 g/mol. The fraction of sp³-hybridized carbons (Fsp3) is 0.0714. The average molecular weight is 447 g/mol. The third-order valence-corrected chi connectivity index (χ3v) is 4.01. The lowest BCUT2D eigenvalue weighted by atomic mass is 10.1.